The summed E-state index contributed by atoms with van der Waals surface area (Å²) in [6.45, 7) is 1.63. The first-order chi connectivity index (χ1) is 11.9. The van der Waals surface area contributed by atoms with Crippen LogP contribution in [-0.4, -0.2) is 26.6 Å². The third-order valence-corrected chi connectivity index (χ3v) is 5.02. The first kappa shape index (κ1) is 17.1. The highest BCUT2D eigenvalue weighted by molar-refractivity contribution is 7.99. The van der Waals surface area contributed by atoms with Crippen LogP contribution in [0.1, 0.15) is 5.56 Å². The summed E-state index contributed by atoms with van der Waals surface area (Å²) in [6.07, 6.45) is 0. The van der Waals surface area contributed by atoms with E-state index in [0.29, 0.717) is 26.6 Å². The number of benzene rings is 1. The number of nitrogens with zero attached hydrogens (tertiary/aromatic N) is 2. The monoisotopic (exact) mass is 376 g/mol. The number of thiophene rings is 1. The molecule has 0 aliphatic carbocycles. The van der Waals surface area contributed by atoms with Crippen LogP contribution in [0.4, 0.5) is 11.4 Å². The number of nitrogens with one attached hydrogen (secondary N) is 2. The quantitative estimate of drug-likeness (QED) is 0.306. The van der Waals surface area contributed by atoms with E-state index in [2.05, 4.69) is 15.3 Å². The Morgan fingerprint density at radius 3 is 3.00 bits per heavy atom. The second-order valence-corrected chi connectivity index (χ2v) is 6.96. The van der Waals surface area contributed by atoms with Gasteiger partial charge in [-0.2, -0.15) is 0 Å². The largest absolute Gasteiger partial charge is 0.325 e. The molecule has 0 aliphatic heterocycles. The summed E-state index contributed by atoms with van der Waals surface area (Å²) >= 11 is 2.44. The Balaban J connectivity index is 1.67. The number of aromatic amines is 1. The van der Waals surface area contributed by atoms with Crippen molar-refractivity contribution >= 4 is 50.6 Å². The minimum atomic E-state index is -0.495. The molecule has 0 spiro atoms. The molecule has 1 amide bonds. The van der Waals surface area contributed by atoms with Gasteiger partial charge in [-0.05, 0) is 24.4 Å². The van der Waals surface area contributed by atoms with E-state index < -0.39 is 4.92 Å². The van der Waals surface area contributed by atoms with Crippen LogP contribution in [0.2, 0.25) is 0 Å². The summed E-state index contributed by atoms with van der Waals surface area (Å²) in [6, 6.07) is 6.18. The van der Waals surface area contributed by atoms with Crippen LogP contribution >= 0.6 is 23.1 Å². The van der Waals surface area contributed by atoms with Crippen molar-refractivity contribution in [3.63, 3.8) is 0 Å². The van der Waals surface area contributed by atoms with E-state index in [4.69, 9.17) is 0 Å². The van der Waals surface area contributed by atoms with Gasteiger partial charge in [0.15, 0.2) is 5.16 Å². The molecule has 3 rings (SSSR count). The molecule has 2 N–H and O–H groups in total. The highest BCUT2D eigenvalue weighted by Crippen LogP contribution is 2.23. The van der Waals surface area contributed by atoms with Crippen molar-refractivity contribution in [2.75, 3.05) is 11.1 Å². The van der Waals surface area contributed by atoms with E-state index in [1.807, 2.05) is 0 Å². The predicted octanol–water partition coefficient (Wildman–Crippen LogP) is 2.93. The summed E-state index contributed by atoms with van der Waals surface area (Å²) in [5.41, 5.74) is 0.560. The number of amides is 1. The fraction of sp³-hybridized carbons (Fsp3) is 0.133. The molecular weight excluding hydrogens is 364 g/mol. The summed E-state index contributed by atoms with van der Waals surface area (Å²) in [5, 5.41) is 16.2. The lowest BCUT2D eigenvalue weighted by molar-refractivity contribution is -0.385. The number of rotatable bonds is 5. The maximum atomic E-state index is 12.0. The Labute approximate surface area is 149 Å². The number of carbonyl (C=O) groups is 1. The highest BCUT2D eigenvalue weighted by atomic mass is 32.2. The van der Waals surface area contributed by atoms with Crippen molar-refractivity contribution < 1.29 is 9.72 Å². The average molecular weight is 376 g/mol. The molecule has 0 saturated carbocycles. The van der Waals surface area contributed by atoms with Gasteiger partial charge in [0.05, 0.1) is 16.1 Å². The Morgan fingerprint density at radius 1 is 1.44 bits per heavy atom. The van der Waals surface area contributed by atoms with Gasteiger partial charge in [0, 0.05) is 17.3 Å². The molecule has 0 radical (unpaired) electrons. The minimum absolute atomic E-state index is 0.0154. The number of hydrogen-bond donors (Lipinski definition) is 2. The molecule has 3 aromatic rings. The second kappa shape index (κ2) is 7.03. The van der Waals surface area contributed by atoms with E-state index in [1.165, 1.54) is 17.4 Å². The minimum Gasteiger partial charge on any atom is -0.325 e. The molecule has 0 aliphatic rings. The average Bonchev–Trinajstić information content (AvgIpc) is 3.03. The molecule has 8 nitrogen and oxygen atoms in total. The topological polar surface area (TPSA) is 118 Å². The number of fused-ring (bicyclic) bond motifs is 1. The van der Waals surface area contributed by atoms with Gasteiger partial charge in [0.1, 0.15) is 4.83 Å². The van der Waals surface area contributed by atoms with Gasteiger partial charge in [-0.25, -0.2) is 4.98 Å². The first-order valence-electron chi connectivity index (χ1n) is 7.09. The highest BCUT2D eigenvalue weighted by Gasteiger charge is 2.13. The van der Waals surface area contributed by atoms with Crippen molar-refractivity contribution in [2.24, 2.45) is 0 Å². The second-order valence-electron chi connectivity index (χ2n) is 5.11. The maximum absolute atomic E-state index is 12.0. The van der Waals surface area contributed by atoms with Crippen LogP contribution in [-0.2, 0) is 4.79 Å². The van der Waals surface area contributed by atoms with Gasteiger partial charge in [-0.1, -0.05) is 17.8 Å². The lowest BCUT2D eigenvalue weighted by atomic mass is 10.2. The van der Waals surface area contributed by atoms with Crippen LogP contribution < -0.4 is 10.9 Å². The molecule has 0 unspecified atom stereocenters. The van der Waals surface area contributed by atoms with Gasteiger partial charge >= 0.3 is 0 Å². The molecule has 10 heteroatoms. The molecule has 128 valence electrons. The number of anilines is 1. The Morgan fingerprint density at radius 2 is 2.24 bits per heavy atom. The zero-order valence-electron chi connectivity index (χ0n) is 12.9. The van der Waals surface area contributed by atoms with Crippen molar-refractivity contribution in [3.8, 4) is 0 Å². The number of hydrogen-bond acceptors (Lipinski definition) is 7. The maximum Gasteiger partial charge on any atom is 0.274 e. The molecule has 1 aromatic carbocycles. The lowest BCUT2D eigenvalue weighted by Crippen LogP contribution is -2.15. The molecular formula is C15H12N4O4S2. The zero-order valence-corrected chi connectivity index (χ0v) is 14.6. The van der Waals surface area contributed by atoms with Crippen LogP contribution in [0, 0.1) is 17.0 Å². The number of H-pyrrole nitrogens is 1. The fourth-order valence-corrected chi connectivity index (χ4v) is 3.61. The molecule has 25 heavy (non-hydrogen) atoms. The first-order valence-corrected chi connectivity index (χ1v) is 8.96. The normalized spacial score (nSPS) is 10.8. The van der Waals surface area contributed by atoms with Crippen molar-refractivity contribution in [1.82, 2.24) is 9.97 Å². The third-order valence-electron chi connectivity index (χ3n) is 3.34. The molecule has 0 saturated heterocycles. The number of aryl methyl sites for hydroxylation is 1. The van der Waals surface area contributed by atoms with Gasteiger partial charge in [0.25, 0.3) is 11.2 Å². The molecule has 2 aromatic heterocycles. The van der Waals surface area contributed by atoms with Crippen molar-refractivity contribution in [1.29, 1.82) is 0 Å². The number of nitro groups is 1. The van der Waals surface area contributed by atoms with Gasteiger partial charge in [-0.3, -0.25) is 19.7 Å². The molecule has 0 atom stereocenters. The van der Waals surface area contributed by atoms with Crippen molar-refractivity contribution in [2.45, 2.75) is 12.1 Å². The summed E-state index contributed by atoms with van der Waals surface area (Å²) in [7, 11) is 0. The zero-order chi connectivity index (χ0) is 18.0. The van der Waals surface area contributed by atoms with Crippen LogP contribution in [0.5, 0.6) is 0 Å². The number of nitro benzene ring substituents is 1. The Hall–Kier alpha value is -2.72. The standard InChI is InChI=1S/C15H12N4O4S2/c1-8-2-3-9(6-11(8)19(22)23)16-12(20)7-25-15-17-13(21)10-4-5-24-14(10)18-15/h2-6H,7H2,1H3,(H,16,20)(H,17,18,21). The van der Waals surface area contributed by atoms with E-state index in [9.17, 15) is 19.7 Å². The van der Waals surface area contributed by atoms with E-state index >= 15 is 0 Å². The smallest absolute Gasteiger partial charge is 0.274 e. The third kappa shape index (κ3) is 3.86. The van der Waals surface area contributed by atoms with Gasteiger partial charge < -0.3 is 10.3 Å². The number of thioether (sulfide) groups is 1. The van der Waals surface area contributed by atoms with E-state index in [-0.39, 0.29) is 22.9 Å². The summed E-state index contributed by atoms with van der Waals surface area (Å²) in [5.74, 6) is -0.335. The Bertz CT molecular complexity index is 1030. The Kier molecular flexibility index (Phi) is 4.81. The van der Waals surface area contributed by atoms with Crippen molar-refractivity contribution in [3.05, 3.63) is 55.7 Å². The molecule has 0 bridgehead atoms. The van der Waals surface area contributed by atoms with E-state index in [0.717, 1.165) is 11.8 Å². The van der Waals surface area contributed by atoms with Gasteiger partial charge in [0.2, 0.25) is 5.91 Å². The summed E-state index contributed by atoms with van der Waals surface area (Å²) in [4.78, 5) is 41.8. The number of carbonyl (C=O) groups excluding carboxylic acids is 1. The summed E-state index contributed by atoms with van der Waals surface area (Å²) < 4.78 is 0. The SMILES string of the molecule is Cc1ccc(NC(=O)CSc2nc3sccc3c(=O)[nH]2)cc1[N+](=O)[O-]. The number of aromatic nitrogens is 2. The van der Waals surface area contributed by atoms with Crippen LogP contribution in [0.25, 0.3) is 10.2 Å². The fourth-order valence-electron chi connectivity index (χ4n) is 2.13. The van der Waals surface area contributed by atoms with Gasteiger partial charge in [-0.15, -0.1) is 11.3 Å². The van der Waals surface area contributed by atoms with Crippen LogP contribution in [0.3, 0.4) is 0 Å². The molecule has 2 heterocycles. The predicted molar refractivity (Wildman–Crippen MR) is 97.4 cm³/mol. The van der Waals surface area contributed by atoms with E-state index in [1.54, 1.807) is 30.5 Å². The van der Waals surface area contributed by atoms with Crippen LogP contribution in [0.15, 0.2) is 39.6 Å². The lowest BCUT2D eigenvalue weighted by Gasteiger charge is -2.06. The molecule has 0 fully saturated rings.